The fourth-order valence-electron chi connectivity index (χ4n) is 2.01. The average Bonchev–Trinajstić information content (AvgIpc) is 2.03. The number of hydrogen-bond acceptors (Lipinski definition) is 3. The molecule has 0 unspecified atom stereocenters. The minimum absolute atomic E-state index is 0.0549. The fraction of sp³-hybridized carbons (Fsp3) is 1.00. The van der Waals surface area contributed by atoms with E-state index >= 15 is 0 Å². The zero-order valence-electron chi connectivity index (χ0n) is 8.66. The summed E-state index contributed by atoms with van der Waals surface area (Å²) in [4.78, 5) is 0. The second-order valence-electron chi connectivity index (χ2n) is 4.57. The van der Waals surface area contributed by atoms with Crippen LogP contribution in [0.25, 0.3) is 0 Å². The molecule has 13 heavy (non-hydrogen) atoms. The number of rotatable bonds is 2. The van der Waals surface area contributed by atoms with E-state index in [4.69, 9.17) is 9.84 Å². The zero-order valence-corrected chi connectivity index (χ0v) is 8.66. The van der Waals surface area contributed by atoms with Crippen molar-refractivity contribution in [1.82, 2.24) is 0 Å². The molecule has 1 saturated heterocycles. The average molecular weight is 188 g/mol. The van der Waals surface area contributed by atoms with Crippen molar-refractivity contribution in [3.63, 3.8) is 0 Å². The van der Waals surface area contributed by atoms with Gasteiger partial charge in [-0.1, -0.05) is 6.92 Å². The molecule has 2 N–H and O–H groups in total. The molecular weight excluding hydrogens is 168 g/mol. The van der Waals surface area contributed by atoms with E-state index in [1.165, 1.54) is 0 Å². The van der Waals surface area contributed by atoms with Crippen LogP contribution in [0, 0.1) is 5.92 Å². The van der Waals surface area contributed by atoms with E-state index in [-0.39, 0.29) is 18.8 Å². The molecule has 1 aliphatic heterocycles. The lowest BCUT2D eigenvalue weighted by Crippen LogP contribution is -2.48. The van der Waals surface area contributed by atoms with Crippen molar-refractivity contribution in [1.29, 1.82) is 0 Å². The van der Waals surface area contributed by atoms with Crippen molar-refractivity contribution >= 4 is 0 Å². The molecule has 0 aromatic rings. The Labute approximate surface area is 79.7 Å². The molecule has 3 nitrogen and oxygen atoms in total. The van der Waals surface area contributed by atoms with Crippen LogP contribution >= 0.6 is 0 Å². The minimum Gasteiger partial charge on any atom is -0.394 e. The molecule has 0 aromatic heterocycles. The summed E-state index contributed by atoms with van der Waals surface area (Å²) in [6, 6.07) is 0. The standard InChI is InChI=1S/C10H20O3/c1-7-4-5-8(6-11)13-9(7)10(2,3)12/h7-9,11-12H,4-6H2,1-3H3/t7-,8+,9+/m1/s1. The predicted molar refractivity (Wildman–Crippen MR) is 50.4 cm³/mol. The number of ether oxygens (including phenoxy) is 1. The molecule has 0 aromatic carbocycles. The second kappa shape index (κ2) is 3.95. The summed E-state index contributed by atoms with van der Waals surface area (Å²) in [7, 11) is 0. The third-order valence-corrected chi connectivity index (χ3v) is 2.70. The van der Waals surface area contributed by atoms with E-state index in [0.717, 1.165) is 12.8 Å². The lowest BCUT2D eigenvalue weighted by molar-refractivity contribution is -0.172. The number of aliphatic hydroxyl groups excluding tert-OH is 1. The lowest BCUT2D eigenvalue weighted by Gasteiger charge is -2.40. The lowest BCUT2D eigenvalue weighted by atomic mass is 9.84. The normalized spacial score (nSPS) is 36.2. The molecule has 0 radical (unpaired) electrons. The summed E-state index contributed by atoms with van der Waals surface area (Å²) in [5.41, 5.74) is -0.812. The topological polar surface area (TPSA) is 49.7 Å². The maximum atomic E-state index is 9.82. The Hall–Kier alpha value is -0.120. The Morgan fingerprint density at radius 1 is 1.38 bits per heavy atom. The second-order valence-corrected chi connectivity index (χ2v) is 4.57. The molecule has 1 rings (SSSR count). The minimum atomic E-state index is -0.812. The first-order chi connectivity index (χ1) is 5.95. The van der Waals surface area contributed by atoms with E-state index in [9.17, 15) is 5.11 Å². The highest BCUT2D eigenvalue weighted by atomic mass is 16.5. The molecule has 1 fully saturated rings. The quantitative estimate of drug-likeness (QED) is 0.678. The molecule has 0 spiro atoms. The van der Waals surface area contributed by atoms with Gasteiger partial charge in [-0.25, -0.2) is 0 Å². The van der Waals surface area contributed by atoms with Gasteiger partial charge in [-0.05, 0) is 32.6 Å². The first-order valence-electron chi connectivity index (χ1n) is 4.94. The zero-order chi connectivity index (χ0) is 10.1. The van der Waals surface area contributed by atoms with E-state index in [2.05, 4.69) is 6.92 Å². The van der Waals surface area contributed by atoms with Crippen LogP contribution in [-0.4, -0.2) is 34.6 Å². The van der Waals surface area contributed by atoms with Crippen LogP contribution in [0.1, 0.15) is 33.6 Å². The van der Waals surface area contributed by atoms with Crippen LogP contribution in [-0.2, 0) is 4.74 Å². The van der Waals surface area contributed by atoms with E-state index < -0.39 is 5.60 Å². The van der Waals surface area contributed by atoms with Crippen molar-refractivity contribution in [3.05, 3.63) is 0 Å². The Morgan fingerprint density at radius 2 is 2.00 bits per heavy atom. The highest BCUT2D eigenvalue weighted by Gasteiger charge is 2.37. The summed E-state index contributed by atoms with van der Waals surface area (Å²) in [5.74, 6) is 0.364. The van der Waals surface area contributed by atoms with Crippen LogP contribution in [0.15, 0.2) is 0 Å². The van der Waals surface area contributed by atoms with Gasteiger partial charge in [0.25, 0.3) is 0 Å². The third kappa shape index (κ3) is 2.66. The molecule has 3 atom stereocenters. The number of aliphatic hydroxyl groups is 2. The van der Waals surface area contributed by atoms with Gasteiger partial charge >= 0.3 is 0 Å². The maximum absolute atomic E-state index is 9.82. The molecule has 78 valence electrons. The Bertz CT molecular complexity index is 162. The summed E-state index contributed by atoms with van der Waals surface area (Å²) in [6.45, 7) is 5.65. The highest BCUT2D eigenvalue weighted by molar-refractivity contribution is 4.87. The van der Waals surface area contributed by atoms with Gasteiger partial charge < -0.3 is 14.9 Å². The Balaban J connectivity index is 2.60. The van der Waals surface area contributed by atoms with Gasteiger partial charge in [-0.3, -0.25) is 0 Å². The third-order valence-electron chi connectivity index (χ3n) is 2.70. The monoisotopic (exact) mass is 188 g/mol. The molecule has 0 aliphatic carbocycles. The predicted octanol–water partition coefficient (Wildman–Crippen LogP) is 0.933. The summed E-state index contributed by atoms with van der Waals surface area (Å²) >= 11 is 0. The van der Waals surface area contributed by atoms with Crippen molar-refractivity contribution in [2.24, 2.45) is 5.92 Å². The van der Waals surface area contributed by atoms with Gasteiger partial charge in [0.2, 0.25) is 0 Å². The van der Waals surface area contributed by atoms with Gasteiger partial charge in [0.1, 0.15) is 0 Å². The molecule has 1 heterocycles. The molecular formula is C10H20O3. The fourth-order valence-corrected chi connectivity index (χ4v) is 2.01. The van der Waals surface area contributed by atoms with Crippen molar-refractivity contribution in [2.75, 3.05) is 6.61 Å². The van der Waals surface area contributed by atoms with Gasteiger partial charge in [-0.15, -0.1) is 0 Å². The molecule has 3 heteroatoms. The molecule has 0 bridgehead atoms. The van der Waals surface area contributed by atoms with Gasteiger partial charge in [0, 0.05) is 0 Å². The SMILES string of the molecule is C[C@@H]1CC[C@@H](CO)O[C@@H]1C(C)(C)O. The van der Waals surface area contributed by atoms with Gasteiger partial charge in [0.05, 0.1) is 24.4 Å². The summed E-state index contributed by atoms with van der Waals surface area (Å²) in [6.07, 6.45) is 1.66. The maximum Gasteiger partial charge on any atom is 0.0886 e. The van der Waals surface area contributed by atoms with Crippen LogP contribution in [0.5, 0.6) is 0 Å². The first-order valence-corrected chi connectivity index (χ1v) is 4.94. The van der Waals surface area contributed by atoms with E-state index in [1.807, 2.05) is 0 Å². The first kappa shape index (κ1) is 11.0. The van der Waals surface area contributed by atoms with Crippen LogP contribution in [0.3, 0.4) is 0 Å². The van der Waals surface area contributed by atoms with Gasteiger partial charge in [0.15, 0.2) is 0 Å². The largest absolute Gasteiger partial charge is 0.394 e. The van der Waals surface area contributed by atoms with Gasteiger partial charge in [-0.2, -0.15) is 0 Å². The molecule has 0 saturated carbocycles. The van der Waals surface area contributed by atoms with Crippen molar-refractivity contribution in [2.45, 2.75) is 51.4 Å². The summed E-state index contributed by atoms with van der Waals surface area (Å²) < 4.78 is 5.61. The van der Waals surface area contributed by atoms with Crippen LogP contribution in [0.4, 0.5) is 0 Å². The van der Waals surface area contributed by atoms with Crippen LogP contribution < -0.4 is 0 Å². The molecule has 0 amide bonds. The van der Waals surface area contributed by atoms with E-state index in [1.54, 1.807) is 13.8 Å². The van der Waals surface area contributed by atoms with Crippen LogP contribution in [0.2, 0.25) is 0 Å². The number of hydrogen-bond donors (Lipinski definition) is 2. The van der Waals surface area contributed by atoms with Crippen molar-refractivity contribution in [3.8, 4) is 0 Å². The smallest absolute Gasteiger partial charge is 0.0886 e. The molecule has 1 aliphatic rings. The summed E-state index contributed by atoms with van der Waals surface area (Å²) in [5, 5.41) is 18.8. The van der Waals surface area contributed by atoms with Crippen molar-refractivity contribution < 1.29 is 14.9 Å². The Kier molecular flexibility index (Phi) is 3.33. The van der Waals surface area contributed by atoms with E-state index in [0.29, 0.717) is 5.92 Å². The Morgan fingerprint density at radius 3 is 2.46 bits per heavy atom. The highest BCUT2D eigenvalue weighted by Crippen LogP contribution is 2.31.